The van der Waals surface area contributed by atoms with Gasteiger partial charge in [0.05, 0.1) is 6.20 Å². The third-order valence-electron chi connectivity index (χ3n) is 2.08. The van der Waals surface area contributed by atoms with Crippen molar-refractivity contribution in [2.24, 2.45) is 0 Å². The van der Waals surface area contributed by atoms with Crippen molar-refractivity contribution < 1.29 is 0 Å². The van der Waals surface area contributed by atoms with E-state index in [0.29, 0.717) is 18.6 Å². The highest BCUT2D eigenvalue weighted by atomic mass is 16.2. The van der Waals surface area contributed by atoms with Crippen LogP contribution in [0.2, 0.25) is 0 Å². The quantitative estimate of drug-likeness (QED) is 0.531. The van der Waals surface area contributed by atoms with Gasteiger partial charge in [0.2, 0.25) is 0 Å². The van der Waals surface area contributed by atoms with E-state index in [1.54, 1.807) is 18.6 Å². The lowest BCUT2D eigenvalue weighted by molar-refractivity contribution is 0.568. The zero-order valence-corrected chi connectivity index (χ0v) is 8.13. The van der Waals surface area contributed by atoms with Gasteiger partial charge >= 0.3 is 5.69 Å². The van der Waals surface area contributed by atoms with Crippen LogP contribution >= 0.6 is 0 Å². The Bertz CT molecular complexity index is 561. The van der Waals surface area contributed by atoms with E-state index in [-0.39, 0.29) is 5.69 Å². The summed E-state index contributed by atoms with van der Waals surface area (Å²) in [5, 5.41) is 4.12. The van der Waals surface area contributed by atoms with Gasteiger partial charge in [-0.2, -0.15) is 0 Å². The standard InChI is InChI=1S/C10H10N4O/c1-2-3-4-6-14-10(15)13-7-5-11-8-9(13)12-14/h1,5,7-8H,3-4,6H2. The van der Waals surface area contributed by atoms with Gasteiger partial charge in [-0.25, -0.2) is 13.9 Å². The van der Waals surface area contributed by atoms with Crippen molar-refractivity contribution in [2.45, 2.75) is 19.4 Å². The van der Waals surface area contributed by atoms with Crippen molar-refractivity contribution in [3.05, 3.63) is 29.1 Å². The zero-order chi connectivity index (χ0) is 10.7. The molecule has 0 aromatic carbocycles. The third-order valence-corrected chi connectivity index (χ3v) is 2.08. The molecule has 2 rings (SSSR count). The lowest BCUT2D eigenvalue weighted by Crippen LogP contribution is -2.21. The second-order valence-electron chi connectivity index (χ2n) is 3.12. The Morgan fingerprint density at radius 3 is 3.13 bits per heavy atom. The van der Waals surface area contributed by atoms with Gasteiger partial charge < -0.3 is 0 Å². The summed E-state index contributed by atoms with van der Waals surface area (Å²) >= 11 is 0. The molecule has 0 unspecified atom stereocenters. The van der Waals surface area contributed by atoms with Gasteiger partial charge in [0.25, 0.3) is 0 Å². The van der Waals surface area contributed by atoms with Crippen LogP contribution in [0.15, 0.2) is 23.4 Å². The number of aryl methyl sites for hydroxylation is 1. The lowest BCUT2D eigenvalue weighted by Gasteiger charge is -1.94. The average Bonchev–Trinajstić information content (AvgIpc) is 2.57. The predicted octanol–water partition coefficient (Wildman–Crippen LogP) is 0.304. The molecular weight excluding hydrogens is 192 g/mol. The van der Waals surface area contributed by atoms with Gasteiger partial charge in [0.15, 0.2) is 5.65 Å². The second-order valence-corrected chi connectivity index (χ2v) is 3.12. The number of unbranched alkanes of at least 4 members (excludes halogenated alkanes) is 1. The van der Waals surface area contributed by atoms with Crippen LogP contribution < -0.4 is 5.69 Å². The molecule has 0 bridgehead atoms. The maximum Gasteiger partial charge on any atom is 0.350 e. The van der Waals surface area contributed by atoms with Gasteiger partial charge in [-0.3, -0.25) is 4.98 Å². The fraction of sp³-hybridized carbons (Fsp3) is 0.300. The van der Waals surface area contributed by atoms with Crippen LogP contribution in [0.5, 0.6) is 0 Å². The number of hydrogen-bond acceptors (Lipinski definition) is 3. The largest absolute Gasteiger partial charge is 0.350 e. The van der Waals surface area contributed by atoms with E-state index in [4.69, 9.17) is 6.42 Å². The van der Waals surface area contributed by atoms with Gasteiger partial charge in [-0.05, 0) is 6.42 Å². The van der Waals surface area contributed by atoms with E-state index >= 15 is 0 Å². The molecule has 2 aromatic heterocycles. The number of terminal acetylenes is 1. The highest BCUT2D eigenvalue weighted by Crippen LogP contribution is 1.94. The van der Waals surface area contributed by atoms with Crippen molar-refractivity contribution >= 4 is 5.65 Å². The van der Waals surface area contributed by atoms with Crippen LogP contribution in [-0.4, -0.2) is 19.2 Å². The number of aromatic nitrogens is 4. The Labute approximate surface area is 86.4 Å². The van der Waals surface area contributed by atoms with Gasteiger partial charge in [0, 0.05) is 25.4 Å². The number of rotatable bonds is 3. The average molecular weight is 202 g/mol. The summed E-state index contributed by atoms with van der Waals surface area (Å²) in [6.45, 7) is 0.546. The minimum Gasteiger partial charge on any atom is -0.259 e. The Morgan fingerprint density at radius 2 is 2.40 bits per heavy atom. The highest BCUT2D eigenvalue weighted by Gasteiger charge is 2.04. The highest BCUT2D eigenvalue weighted by molar-refractivity contribution is 5.31. The summed E-state index contributed by atoms with van der Waals surface area (Å²) in [5.74, 6) is 2.53. The van der Waals surface area contributed by atoms with Gasteiger partial charge in [0.1, 0.15) is 0 Å². The Morgan fingerprint density at radius 1 is 1.53 bits per heavy atom. The minimum atomic E-state index is -0.149. The molecule has 0 amide bonds. The van der Waals surface area contributed by atoms with Crippen LogP contribution in [0, 0.1) is 12.3 Å². The normalized spacial score (nSPS) is 10.3. The van der Waals surface area contributed by atoms with Crippen LogP contribution in [0.4, 0.5) is 0 Å². The monoisotopic (exact) mass is 202 g/mol. The SMILES string of the molecule is C#CCCCn1nc2cnccn2c1=O. The topological polar surface area (TPSA) is 52.2 Å². The minimum absolute atomic E-state index is 0.149. The van der Waals surface area contributed by atoms with E-state index in [1.807, 2.05) is 0 Å². The fourth-order valence-electron chi connectivity index (χ4n) is 1.36. The maximum absolute atomic E-state index is 11.7. The van der Waals surface area contributed by atoms with Crippen molar-refractivity contribution in [1.29, 1.82) is 0 Å². The maximum atomic E-state index is 11.7. The van der Waals surface area contributed by atoms with Crippen molar-refractivity contribution in [2.75, 3.05) is 0 Å². The molecule has 0 spiro atoms. The predicted molar refractivity (Wildman–Crippen MR) is 55.3 cm³/mol. The number of nitrogens with zero attached hydrogens (tertiary/aromatic N) is 4. The second kappa shape index (κ2) is 3.96. The molecule has 0 atom stereocenters. The van der Waals surface area contributed by atoms with E-state index in [9.17, 15) is 4.79 Å². The van der Waals surface area contributed by atoms with Crippen LogP contribution in [-0.2, 0) is 6.54 Å². The lowest BCUT2D eigenvalue weighted by atomic mass is 10.3. The molecule has 0 radical (unpaired) electrons. The van der Waals surface area contributed by atoms with Gasteiger partial charge in [-0.1, -0.05) is 0 Å². The summed E-state index contributed by atoms with van der Waals surface area (Å²) in [6.07, 6.45) is 11.3. The Kier molecular flexibility index (Phi) is 2.50. The Hall–Kier alpha value is -2.09. The first-order valence-corrected chi connectivity index (χ1v) is 4.65. The first-order chi connectivity index (χ1) is 7.33. The van der Waals surface area contributed by atoms with E-state index < -0.39 is 0 Å². The molecule has 0 aliphatic rings. The third kappa shape index (κ3) is 1.74. The van der Waals surface area contributed by atoms with Gasteiger partial charge in [-0.15, -0.1) is 17.4 Å². The van der Waals surface area contributed by atoms with Crippen molar-refractivity contribution in [1.82, 2.24) is 19.2 Å². The molecule has 0 fully saturated rings. The van der Waals surface area contributed by atoms with Crippen LogP contribution in [0.25, 0.3) is 5.65 Å². The molecule has 2 aromatic rings. The van der Waals surface area contributed by atoms with E-state index in [1.165, 1.54) is 9.08 Å². The molecule has 5 nitrogen and oxygen atoms in total. The van der Waals surface area contributed by atoms with E-state index in [0.717, 1.165) is 6.42 Å². The number of hydrogen-bond donors (Lipinski definition) is 0. The summed E-state index contributed by atoms with van der Waals surface area (Å²) in [4.78, 5) is 15.6. The molecule has 15 heavy (non-hydrogen) atoms. The summed E-state index contributed by atoms with van der Waals surface area (Å²) in [5.41, 5.74) is 0.410. The first-order valence-electron chi connectivity index (χ1n) is 4.65. The smallest absolute Gasteiger partial charge is 0.259 e. The molecule has 0 N–H and O–H groups in total. The van der Waals surface area contributed by atoms with E-state index in [2.05, 4.69) is 16.0 Å². The molecule has 0 aliphatic heterocycles. The van der Waals surface area contributed by atoms with Crippen molar-refractivity contribution in [3.63, 3.8) is 0 Å². The summed E-state index contributed by atoms with van der Waals surface area (Å²) < 4.78 is 2.87. The molecule has 0 saturated carbocycles. The molecule has 2 heterocycles. The van der Waals surface area contributed by atoms with Crippen molar-refractivity contribution in [3.8, 4) is 12.3 Å². The summed E-state index contributed by atoms with van der Waals surface area (Å²) in [7, 11) is 0. The molecule has 0 aliphatic carbocycles. The van der Waals surface area contributed by atoms with Crippen LogP contribution in [0.1, 0.15) is 12.8 Å². The molecule has 5 heteroatoms. The molecule has 0 saturated heterocycles. The zero-order valence-electron chi connectivity index (χ0n) is 8.13. The fourth-order valence-corrected chi connectivity index (χ4v) is 1.36. The Balaban J connectivity index is 2.33. The van der Waals surface area contributed by atoms with Crippen LogP contribution in [0.3, 0.4) is 0 Å². The first kappa shape index (κ1) is 9.46. The molecular formula is C10H10N4O. The summed E-state index contributed by atoms with van der Waals surface area (Å²) in [6, 6.07) is 0. The molecule has 76 valence electrons. The number of fused-ring (bicyclic) bond motifs is 1.